The van der Waals surface area contributed by atoms with Crippen molar-refractivity contribution in [3.63, 3.8) is 0 Å². The highest BCUT2D eigenvalue weighted by Gasteiger charge is 2.28. The van der Waals surface area contributed by atoms with Gasteiger partial charge in [0.25, 0.3) is 0 Å². The molecule has 0 saturated carbocycles. The van der Waals surface area contributed by atoms with Crippen LogP contribution in [0.4, 0.5) is 0 Å². The SMILES string of the molecule is CN1CCC(N2CCN(C(=O)COCC3CSCCN3)CC2)CC1. The molecule has 0 radical (unpaired) electrons. The zero-order valence-electron chi connectivity index (χ0n) is 14.9. The van der Waals surface area contributed by atoms with Crippen molar-refractivity contribution < 1.29 is 9.53 Å². The Balaban J connectivity index is 1.31. The van der Waals surface area contributed by atoms with Crippen LogP contribution in [0.5, 0.6) is 0 Å². The number of rotatable bonds is 5. The third-order valence-electron chi connectivity index (χ3n) is 5.41. The maximum absolute atomic E-state index is 12.3. The number of hydrogen-bond donors (Lipinski definition) is 1. The topological polar surface area (TPSA) is 48.0 Å². The van der Waals surface area contributed by atoms with Gasteiger partial charge in [-0.25, -0.2) is 0 Å². The van der Waals surface area contributed by atoms with Gasteiger partial charge in [-0.05, 0) is 33.0 Å². The van der Waals surface area contributed by atoms with Gasteiger partial charge in [0.2, 0.25) is 5.91 Å². The largest absolute Gasteiger partial charge is 0.370 e. The molecule has 0 aromatic carbocycles. The Labute approximate surface area is 150 Å². The van der Waals surface area contributed by atoms with E-state index < -0.39 is 0 Å². The summed E-state index contributed by atoms with van der Waals surface area (Å²) in [6.07, 6.45) is 2.53. The van der Waals surface area contributed by atoms with Gasteiger partial charge in [0.1, 0.15) is 6.61 Å². The number of hydrogen-bond acceptors (Lipinski definition) is 6. The highest BCUT2D eigenvalue weighted by molar-refractivity contribution is 7.99. The van der Waals surface area contributed by atoms with Gasteiger partial charge in [-0.2, -0.15) is 11.8 Å². The highest BCUT2D eigenvalue weighted by Crippen LogP contribution is 2.17. The Morgan fingerprint density at radius 1 is 1.17 bits per heavy atom. The van der Waals surface area contributed by atoms with E-state index in [1.54, 1.807) is 0 Å². The number of carbonyl (C=O) groups is 1. The minimum atomic E-state index is 0.154. The lowest BCUT2D eigenvalue weighted by atomic mass is 10.0. The number of nitrogens with one attached hydrogen (secondary N) is 1. The van der Waals surface area contributed by atoms with Crippen LogP contribution < -0.4 is 5.32 Å². The van der Waals surface area contributed by atoms with Crippen molar-refractivity contribution in [1.82, 2.24) is 20.0 Å². The van der Waals surface area contributed by atoms with E-state index in [9.17, 15) is 4.79 Å². The molecule has 0 spiro atoms. The van der Waals surface area contributed by atoms with E-state index in [2.05, 4.69) is 22.2 Å². The number of piperazine rings is 1. The number of nitrogens with zero attached hydrogens (tertiary/aromatic N) is 3. The summed E-state index contributed by atoms with van der Waals surface area (Å²) >= 11 is 1.96. The zero-order chi connectivity index (χ0) is 16.8. The minimum absolute atomic E-state index is 0.154. The summed E-state index contributed by atoms with van der Waals surface area (Å²) in [5, 5.41) is 3.44. The number of amides is 1. The van der Waals surface area contributed by atoms with E-state index in [1.165, 1.54) is 31.7 Å². The molecule has 138 valence electrons. The lowest BCUT2D eigenvalue weighted by Crippen LogP contribution is -2.54. The fourth-order valence-electron chi connectivity index (χ4n) is 3.80. The second-order valence-electron chi connectivity index (χ2n) is 7.19. The van der Waals surface area contributed by atoms with Crippen molar-refractivity contribution in [2.75, 3.05) is 77.6 Å². The van der Waals surface area contributed by atoms with Crippen molar-refractivity contribution in [2.45, 2.75) is 24.9 Å². The maximum Gasteiger partial charge on any atom is 0.248 e. The van der Waals surface area contributed by atoms with Crippen LogP contribution in [-0.2, 0) is 9.53 Å². The summed E-state index contributed by atoms with van der Waals surface area (Å²) in [6, 6.07) is 1.11. The first-order valence-electron chi connectivity index (χ1n) is 9.31. The molecule has 24 heavy (non-hydrogen) atoms. The molecule has 1 atom stereocenters. The molecule has 0 aromatic heterocycles. The average Bonchev–Trinajstić information content (AvgIpc) is 2.63. The second-order valence-corrected chi connectivity index (χ2v) is 8.34. The molecule has 3 fully saturated rings. The van der Waals surface area contributed by atoms with E-state index in [-0.39, 0.29) is 12.5 Å². The van der Waals surface area contributed by atoms with Gasteiger partial charge < -0.3 is 19.9 Å². The van der Waals surface area contributed by atoms with Crippen LogP contribution >= 0.6 is 11.8 Å². The monoisotopic (exact) mass is 356 g/mol. The molecule has 1 N–H and O–H groups in total. The lowest BCUT2D eigenvalue weighted by molar-refractivity contribution is -0.138. The fourth-order valence-corrected chi connectivity index (χ4v) is 4.73. The van der Waals surface area contributed by atoms with Gasteiger partial charge in [-0.15, -0.1) is 0 Å². The van der Waals surface area contributed by atoms with E-state index in [1.807, 2.05) is 16.7 Å². The molecule has 3 heterocycles. The number of carbonyl (C=O) groups excluding carboxylic acids is 1. The molecule has 3 aliphatic rings. The van der Waals surface area contributed by atoms with Crippen LogP contribution in [-0.4, -0.2) is 110 Å². The molecule has 0 bridgehead atoms. The normalized spacial score (nSPS) is 28.2. The van der Waals surface area contributed by atoms with E-state index in [0.29, 0.717) is 18.7 Å². The van der Waals surface area contributed by atoms with Crippen molar-refractivity contribution >= 4 is 17.7 Å². The van der Waals surface area contributed by atoms with Crippen molar-refractivity contribution in [1.29, 1.82) is 0 Å². The maximum atomic E-state index is 12.3. The van der Waals surface area contributed by atoms with E-state index >= 15 is 0 Å². The first kappa shape index (κ1) is 18.5. The predicted molar refractivity (Wildman–Crippen MR) is 98.6 cm³/mol. The van der Waals surface area contributed by atoms with Crippen molar-refractivity contribution in [3.05, 3.63) is 0 Å². The average molecular weight is 357 g/mol. The summed E-state index contributed by atoms with van der Waals surface area (Å²) in [5.74, 6) is 2.42. The smallest absolute Gasteiger partial charge is 0.248 e. The van der Waals surface area contributed by atoms with E-state index in [4.69, 9.17) is 4.74 Å². The van der Waals surface area contributed by atoms with Gasteiger partial charge in [0, 0.05) is 56.3 Å². The number of thioether (sulfide) groups is 1. The molecular weight excluding hydrogens is 324 g/mol. The summed E-state index contributed by atoms with van der Waals surface area (Å²) in [4.78, 5) is 19.3. The fraction of sp³-hybridized carbons (Fsp3) is 0.941. The second kappa shape index (κ2) is 9.38. The van der Waals surface area contributed by atoms with Crippen LogP contribution in [0.1, 0.15) is 12.8 Å². The molecule has 3 saturated heterocycles. The predicted octanol–water partition coefficient (Wildman–Crippen LogP) is -0.0536. The molecule has 3 aliphatic heterocycles. The van der Waals surface area contributed by atoms with Gasteiger partial charge in [0.15, 0.2) is 0 Å². The van der Waals surface area contributed by atoms with Crippen molar-refractivity contribution in [2.24, 2.45) is 0 Å². The number of ether oxygens (including phenoxy) is 1. The molecule has 3 rings (SSSR count). The Bertz CT molecular complexity index is 390. The van der Waals surface area contributed by atoms with Crippen molar-refractivity contribution in [3.8, 4) is 0 Å². The molecule has 6 nitrogen and oxygen atoms in total. The highest BCUT2D eigenvalue weighted by atomic mass is 32.2. The lowest BCUT2D eigenvalue weighted by Gasteiger charge is -2.42. The van der Waals surface area contributed by atoms with Gasteiger partial charge in [0.05, 0.1) is 6.61 Å². The quantitative estimate of drug-likeness (QED) is 0.745. The van der Waals surface area contributed by atoms with Gasteiger partial charge in [-0.1, -0.05) is 0 Å². The molecule has 0 aromatic rings. The molecule has 0 aliphatic carbocycles. The van der Waals surface area contributed by atoms with Crippen LogP contribution in [0.15, 0.2) is 0 Å². The molecule has 7 heteroatoms. The minimum Gasteiger partial charge on any atom is -0.370 e. The van der Waals surface area contributed by atoms with E-state index in [0.717, 1.165) is 38.5 Å². The number of likely N-dealkylation sites (tertiary alicyclic amines) is 1. The Kier molecular flexibility index (Phi) is 7.21. The standard InChI is InChI=1S/C17H32N4O2S/c1-19-5-2-16(3-6-19)20-7-9-21(10-8-20)17(22)13-23-12-15-14-24-11-4-18-15/h15-16,18H,2-14H2,1H3. The third-order valence-corrected chi connectivity index (χ3v) is 6.55. The van der Waals surface area contributed by atoms with Crippen LogP contribution in [0.3, 0.4) is 0 Å². The summed E-state index contributed by atoms with van der Waals surface area (Å²) in [5.41, 5.74) is 0. The summed E-state index contributed by atoms with van der Waals surface area (Å²) < 4.78 is 5.66. The Morgan fingerprint density at radius 2 is 1.92 bits per heavy atom. The van der Waals surface area contributed by atoms with Crippen LogP contribution in [0.2, 0.25) is 0 Å². The van der Waals surface area contributed by atoms with Gasteiger partial charge >= 0.3 is 0 Å². The Hall–Kier alpha value is -0.340. The zero-order valence-corrected chi connectivity index (χ0v) is 15.7. The van der Waals surface area contributed by atoms with Crippen LogP contribution in [0.25, 0.3) is 0 Å². The molecule has 1 unspecified atom stereocenters. The first-order valence-corrected chi connectivity index (χ1v) is 10.5. The van der Waals surface area contributed by atoms with Gasteiger partial charge in [-0.3, -0.25) is 9.69 Å². The summed E-state index contributed by atoms with van der Waals surface area (Å²) in [6.45, 7) is 8.06. The third kappa shape index (κ3) is 5.33. The van der Waals surface area contributed by atoms with Crippen LogP contribution in [0, 0.1) is 0 Å². The number of piperidine rings is 1. The molecular formula is C17H32N4O2S. The Morgan fingerprint density at radius 3 is 2.58 bits per heavy atom. The first-order chi connectivity index (χ1) is 11.7. The summed E-state index contributed by atoms with van der Waals surface area (Å²) in [7, 11) is 2.20. The molecule has 1 amide bonds.